The summed E-state index contributed by atoms with van der Waals surface area (Å²) in [5.41, 5.74) is 4.00. The number of pyridine rings is 1. The van der Waals surface area contributed by atoms with Gasteiger partial charge in [-0.1, -0.05) is 36.4 Å². The number of ether oxygens (including phenoxy) is 2. The van der Waals surface area contributed by atoms with Crippen LogP contribution in [0.4, 0.5) is 0 Å². The second-order valence-corrected chi connectivity index (χ2v) is 10.4. The summed E-state index contributed by atoms with van der Waals surface area (Å²) in [5.74, 6) is 0.992. The molecule has 172 valence electrons. The summed E-state index contributed by atoms with van der Waals surface area (Å²) in [7, 11) is -2.25. The van der Waals surface area contributed by atoms with E-state index < -0.39 is 10.0 Å². The number of hydrogen-bond acceptors (Lipinski definition) is 7. The zero-order chi connectivity index (χ0) is 23.3. The van der Waals surface area contributed by atoms with Crippen molar-refractivity contribution in [3.63, 3.8) is 0 Å². The van der Waals surface area contributed by atoms with Crippen molar-refractivity contribution >= 4 is 27.8 Å². The van der Waals surface area contributed by atoms with Crippen LogP contribution in [0.15, 0.2) is 71.9 Å². The first-order chi connectivity index (χ1) is 16.0. The van der Waals surface area contributed by atoms with E-state index in [2.05, 4.69) is 15.8 Å². The van der Waals surface area contributed by atoms with Gasteiger partial charge in [-0.3, -0.25) is 9.78 Å². The minimum Gasteiger partial charge on any atom is -0.489 e. The Bertz CT molecular complexity index is 1230. The van der Waals surface area contributed by atoms with E-state index in [1.807, 2.05) is 36.4 Å². The lowest BCUT2D eigenvalue weighted by Gasteiger charge is -2.20. The summed E-state index contributed by atoms with van der Waals surface area (Å²) < 4.78 is 38.5. The van der Waals surface area contributed by atoms with E-state index in [0.717, 1.165) is 28.0 Å². The Balaban J connectivity index is 1.55. The molecule has 9 heteroatoms. The van der Waals surface area contributed by atoms with Crippen LogP contribution in [0.1, 0.15) is 27.5 Å². The Morgan fingerprint density at radius 2 is 2.03 bits per heavy atom. The van der Waals surface area contributed by atoms with Crippen LogP contribution in [0.5, 0.6) is 5.75 Å². The Kier molecular flexibility index (Phi) is 7.32. The summed E-state index contributed by atoms with van der Waals surface area (Å²) in [6.45, 7) is 0.711. The van der Waals surface area contributed by atoms with Crippen LogP contribution in [-0.4, -0.2) is 38.8 Å². The van der Waals surface area contributed by atoms with Gasteiger partial charge in [0.25, 0.3) is 0 Å². The van der Waals surface area contributed by atoms with Gasteiger partial charge in [0.05, 0.1) is 18.8 Å². The fourth-order valence-corrected chi connectivity index (χ4v) is 6.00. The molecule has 0 saturated heterocycles. The maximum absolute atomic E-state index is 12.5. The van der Waals surface area contributed by atoms with Crippen molar-refractivity contribution in [3.8, 4) is 5.75 Å². The number of hydrogen-bond donors (Lipinski definition) is 1. The molecule has 2 aromatic carbocycles. The van der Waals surface area contributed by atoms with Crippen LogP contribution in [0.3, 0.4) is 0 Å². The molecule has 1 aliphatic heterocycles. The molecule has 1 aliphatic rings. The number of fused-ring (bicyclic) bond motifs is 2. The zero-order valence-electron chi connectivity index (χ0n) is 18.1. The Morgan fingerprint density at radius 3 is 2.82 bits per heavy atom. The molecule has 4 rings (SSSR count). The summed E-state index contributed by atoms with van der Waals surface area (Å²) in [5, 5.41) is -0.0702. The Morgan fingerprint density at radius 1 is 1.18 bits per heavy atom. The lowest BCUT2D eigenvalue weighted by molar-refractivity contribution is -0.139. The Labute approximate surface area is 197 Å². The molecule has 0 saturated carbocycles. The van der Waals surface area contributed by atoms with Crippen molar-refractivity contribution in [3.05, 3.63) is 89.2 Å². The monoisotopic (exact) mass is 484 g/mol. The van der Waals surface area contributed by atoms with E-state index in [1.165, 1.54) is 25.6 Å². The SMILES string of the molecule is COC(=O)Cc1ccc2c(c1)C(SCCNS(=O)(=O)c1cccnc1)c1ccccc1CO2. The number of benzene rings is 2. The predicted molar refractivity (Wildman–Crippen MR) is 127 cm³/mol. The van der Waals surface area contributed by atoms with Gasteiger partial charge in [-0.05, 0) is 34.9 Å². The third-order valence-corrected chi connectivity index (χ3v) is 8.00. The van der Waals surface area contributed by atoms with E-state index >= 15 is 0 Å². The van der Waals surface area contributed by atoms with E-state index in [4.69, 9.17) is 9.47 Å². The third kappa shape index (κ3) is 5.55. The van der Waals surface area contributed by atoms with Gasteiger partial charge in [0, 0.05) is 30.3 Å². The van der Waals surface area contributed by atoms with E-state index in [9.17, 15) is 13.2 Å². The normalized spacial score (nSPS) is 15.0. The molecule has 0 aliphatic carbocycles. The summed E-state index contributed by atoms with van der Waals surface area (Å²) in [6.07, 6.45) is 3.04. The topological polar surface area (TPSA) is 94.6 Å². The molecule has 3 aromatic rings. The molecule has 1 unspecified atom stereocenters. The molecule has 7 nitrogen and oxygen atoms in total. The largest absolute Gasteiger partial charge is 0.489 e. The zero-order valence-corrected chi connectivity index (χ0v) is 19.7. The van der Waals surface area contributed by atoms with Gasteiger partial charge in [-0.2, -0.15) is 0 Å². The molecular formula is C24H24N2O5S2. The van der Waals surface area contributed by atoms with Crippen LogP contribution in [0.2, 0.25) is 0 Å². The van der Waals surface area contributed by atoms with Crippen LogP contribution >= 0.6 is 11.8 Å². The number of sulfonamides is 1. The van der Waals surface area contributed by atoms with E-state index in [1.54, 1.807) is 17.8 Å². The molecule has 2 heterocycles. The van der Waals surface area contributed by atoms with E-state index in [0.29, 0.717) is 12.4 Å². The fourth-order valence-electron chi connectivity index (χ4n) is 3.65. The maximum atomic E-state index is 12.5. The van der Waals surface area contributed by atoms with Gasteiger partial charge in [0.1, 0.15) is 17.3 Å². The van der Waals surface area contributed by atoms with Crippen molar-refractivity contribution in [2.45, 2.75) is 23.2 Å². The first kappa shape index (κ1) is 23.3. The molecule has 1 N–H and O–H groups in total. The molecular weight excluding hydrogens is 460 g/mol. The number of methoxy groups -OCH3 is 1. The second-order valence-electron chi connectivity index (χ2n) is 7.45. The molecule has 1 atom stereocenters. The number of nitrogens with zero attached hydrogens (tertiary/aromatic N) is 1. The van der Waals surface area contributed by atoms with Crippen LogP contribution < -0.4 is 9.46 Å². The second kappa shape index (κ2) is 10.4. The third-order valence-electron chi connectivity index (χ3n) is 5.28. The smallest absolute Gasteiger partial charge is 0.309 e. The minimum absolute atomic E-state index is 0.0702. The highest BCUT2D eigenvalue weighted by molar-refractivity contribution is 7.99. The van der Waals surface area contributed by atoms with Gasteiger partial charge >= 0.3 is 5.97 Å². The first-order valence-corrected chi connectivity index (χ1v) is 12.9. The number of rotatable bonds is 8. The summed E-state index contributed by atoms with van der Waals surface area (Å²) in [4.78, 5) is 15.8. The summed E-state index contributed by atoms with van der Waals surface area (Å²) >= 11 is 1.63. The highest BCUT2D eigenvalue weighted by atomic mass is 32.2. The van der Waals surface area contributed by atoms with Crippen LogP contribution in [-0.2, 0) is 32.6 Å². The first-order valence-electron chi connectivity index (χ1n) is 10.4. The maximum Gasteiger partial charge on any atom is 0.309 e. The minimum atomic E-state index is -3.62. The molecule has 1 aromatic heterocycles. The lowest BCUT2D eigenvalue weighted by Crippen LogP contribution is -2.26. The molecule has 0 radical (unpaired) electrons. The quantitative estimate of drug-likeness (QED) is 0.386. The highest BCUT2D eigenvalue weighted by Crippen LogP contribution is 2.44. The number of thioether (sulfide) groups is 1. The lowest BCUT2D eigenvalue weighted by atomic mass is 9.98. The fraction of sp³-hybridized carbons (Fsp3) is 0.250. The van der Waals surface area contributed by atoms with Crippen LogP contribution in [0, 0.1) is 0 Å². The number of esters is 1. The average Bonchev–Trinajstić information content (AvgIpc) is 2.99. The molecule has 0 amide bonds. The number of aromatic nitrogens is 1. The van der Waals surface area contributed by atoms with Crippen molar-refractivity contribution < 1.29 is 22.7 Å². The van der Waals surface area contributed by atoms with Gasteiger partial charge < -0.3 is 9.47 Å². The van der Waals surface area contributed by atoms with Gasteiger partial charge in [0.15, 0.2) is 0 Å². The average molecular weight is 485 g/mol. The molecule has 0 bridgehead atoms. The predicted octanol–water partition coefficient (Wildman–Crippen LogP) is 3.49. The van der Waals surface area contributed by atoms with Crippen LogP contribution in [0.25, 0.3) is 0 Å². The molecule has 33 heavy (non-hydrogen) atoms. The molecule has 0 spiro atoms. The number of carbonyl (C=O) groups excluding carboxylic acids is 1. The van der Waals surface area contributed by atoms with Gasteiger partial charge in [-0.25, -0.2) is 13.1 Å². The number of carbonyl (C=O) groups is 1. The Hall–Kier alpha value is -2.88. The number of nitrogens with one attached hydrogen (secondary N) is 1. The van der Waals surface area contributed by atoms with E-state index in [-0.39, 0.29) is 29.1 Å². The standard InChI is InChI=1S/C24H24N2O5S2/c1-30-23(27)14-17-8-9-22-21(13-17)24(20-7-3-2-5-18(20)16-31-22)32-12-11-26-33(28,29)19-6-4-10-25-15-19/h2-10,13,15,24,26H,11-12,14,16H2,1H3. The molecule has 0 fully saturated rings. The van der Waals surface area contributed by atoms with Gasteiger partial charge in [0.2, 0.25) is 10.0 Å². The van der Waals surface area contributed by atoms with Crippen molar-refractivity contribution in [2.24, 2.45) is 0 Å². The van der Waals surface area contributed by atoms with Crippen molar-refractivity contribution in [2.75, 3.05) is 19.4 Å². The summed E-state index contributed by atoms with van der Waals surface area (Å²) in [6, 6.07) is 16.9. The van der Waals surface area contributed by atoms with Crippen molar-refractivity contribution in [1.82, 2.24) is 9.71 Å². The van der Waals surface area contributed by atoms with Crippen molar-refractivity contribution in [1.29, 1.82) is 0 Å². The van der Waals surface area contributed by atoms with Gasteiger partial charge in [-0.15, -0.1) is 11.8 Å². The highest BCUT2D eigenvalue weighted by Gasteiger charge is 2.26.